The fourth-order valence-corrected chi connectivity index (χ4v) is 2.97. The van der Waals surface area contributed by atoms with Gasteiger partial charge in [-0.2, -0.15) is 0 Å². The molecule has 0 aliphatic rings. The van der Waals surface area contributed by atoms with Gasteiger partial charge < -0.3 is 15.2 Å². The molecule has 4 nitrogen and oxygen atoms in total. The third-order valence-corrected chi connectivity index (χ3v) is 4.14. The molecule has 0 amide bonds. The molecule has 18 heavy (non-hydrogen) atoms. The molecule has 0 bridgehead atoms. The number of hydrogen-bond donors (Lipinski definition) is 1. The Bertz CT molecular complexity index is 485. The van der Waals surface area contributed by atoms with Crippen molar-refractivity contribution in [3.63, 3.8) is 0 Å². The Balaban J connectivity index is 1.71. The summed E-state index contributed by atoms with van der Waals surface area (Å²) in [4.78, 5) is 3.99. The fourth-order valence-electron chi connectivity index (χ4n) is 1.31. The van der Waals surface area contributed by atoms with Crippen molar-refractivity contribution in [3.05, 3.63) is 30.5 Å². The number of hydrogen-bond acceptors (Lipinski definition) is 6. The highest BCUT2D eigenvalue weighted by Gasteiger charge is 2.00. The van der Waals surface area contributed by atoms with Crippen molar-refractivity contribution in [2.75, 3.05) is 25.2 Å². The number of nitrogens with two attached hydrogens (primary N) is 1. The topological polar surface area (TPSA) is 57.4 Å². The molecule has 1 heterocycles. The number of rotatable bonds is 6. The maximum absolute atomic E-state index is 5.61. The summed E-state index contributed by atoms with van der Waals surface area (Å²) in [6.45, 7) is 0.648. The van der Waals surface area contributed by atoms with Crippen LogP contribution in [0.15, 0.2) is 34.7 Å². The van der Waals surface area contributed by atoms with Gasteiger partial charge in [0, 0.05) is 5.75 Å². The Morgan fingerprint density at radius 3 is 2.61 bits per heavy atom. The van der Waals surface area contributed by atoms with Gasteiger partial charge in [0.05, 0.1) is 24.1 Å². The Morgan fingerprint density at radius 1 is 1.28 bits per heavy atom. The van der Waals surface area contributed by atoms with Crippen LogP contribution in [0.25, 0.3) is 0 Å². The van der Waals surface area contributed by atoms with Gasteiger partial charge in [0.2, 0.25) is 0 Å². The van der Waals surface area contributed by atoms with Crippen LogP contribution in [0.2, 0.25) is 0 Å². The molecule has 0 spiro atoms. The Labute approximate surface area is 114 Å². The third kappa shape index (κ3) is 3.82. The van der Waals surface area contributed by atoms with E-state index in [1.807, 2.05) is 24.3 Å². The van der Waals surface area contributed by atoms with Crippen LogP contribution in [0.5, 0.6) is 11.5 Å². The first-order chi connectivity index (χ1) is 8.78. The minimum atomic E-state index is 0.605. The second kappa shape index (κ2) is 6.51. The minimum Gasteiger partial charge on any atom is -0.497 e. The van der Waals surface area contributed by atoms with E-state index in [0.29, 0.717) is 11.7 Å². The summed E-state index contributed by atoms with van der Waals surface area (Å²) >= 11 is 3.19. The van der Waals surface area contributed by atoms with Crippen molar-refractivity contribution in [2.45, 2.75) is 4.21 Å². The van der Waals surface area contributed by atoms with E-state index in [4.69, 9.17) is 15.2 Å². The second-order valence-electron chi connectivity index (χ2n) is 3.39. The summed E-state index contributed by atoms with van der Waals surface area (Å²) < 4.78 is 11.8. The molecule has 2 rings (SSSR count). The summed E-state index contributed by atoms with van der Waals surface area (Å²) in [6, 6.07) is 7.56. The first kappa shape index (κ1) is 13.0. The van der Waals surface area contributed by atoms with Crippen LogP contribution in [0.3, 0.4) is 0 Å². The number of benzene rings is 1. The summed E-state index contributed by atoms with van der Waals surface area (Å²) in [6.07, 6.45) is 1.79. The first-order valence-electron chi connectivity index (χ1n) is 5.39. The van der Waals surface area contributed by atoms with Crippen LogP contribution < -0.4 is 15.2 Å². The second-order valence-corrected chi connectivity index (χ2v) is 5.85. The molecule has 0 aliphatic heterocycles. The molecular weight excluding hydrogens is 268 g/mol. The SMILES string of the molecule is COc1ccc(OCCSc2cnc(N)s2)cc1. The predicted octanol–water partition coefficient (Wildman–Crippen LogP) is 2.91. The smallest absolute Gasteiger partial charge is 0.181 e. The summed E-state index contributed by atoms with van der Waals surface area (Å²) in [5.41, 5.74) is 5.55. The van der Waals surface area contributed by atoms with Gasteiger partial charge in [0.1, 0.15) is 11.5 Å². The van der Waals surface area contributed by atoms with E-state index in [-0.39, 0.29) is 0 Å². The lowest BCUT2D eigenvalue weighted by Crippen LogP contribution is -1.99. The van der Waals surface area contributed by atoms with Gasteiger partial charge in [0.15, 0.2) is 5.13 Å². The molecule has 0 aliphatic carbocycles. The largest absolute Gasteiger partial charge is 0.497 e. The number of aromatic nitrogens is 1. The molecule has 1 aromatic carbocycles. The number of ether oxygens (including phenoxy) is 2. The fraction of sp³-hybridized carbons (Fsp3) is 0.250. The molecule has 0 saturated carbocycles. The number of thioether (sulfide) groups is 1. The quantitative estimate of drug-likeness (QED) is 0.652. The van der Waals surface area contributed by atoms with Crippen molar-refractivity contribution in [3.8, 4) is 11.5 Å². The number of thiazole rings is 1. The summed E-state index contributed by atoms with van der Waals surface area (Å²) in [7, 11) is 1.65. The van der Waals surface area contributed by atoms with Gasteiger partial charge in [-0.15, -0.1) is 11.8 Å². The summed E-state index contributed by atoms with van der Waals surface area (Å²) in [5.74, 6) is 2.55. The van der Waals surface area contributed by atoms with Gasteiger partial charge in [-0.3, -0.25) is 0 Å². The molecule has 0 unspecified atom stereocenters. The zero-order valence-corrected chi connectivity index (χ0v) is 11.6. The Kier molecular flexibility index (Phi) is 4.72. The molecule has 2 N–H and O–H groups in total. The van der Waals surface area contributed by atoms with Crippen LogP contribution in [0, 0.1) is 0 Å². The van der Waals surface area contributed by atoms with E-state index in [0.717, 1.165) is 21.5 Å². The molecule has 96 valence electrons. The normalized spacial score (nSPS) is 10.3. The van der Waals surface area contributed by atoms with Crippen LogP contribution in [-0.2, 0) is 0 Å². The first-order valence-corrected chi connectivity index (χ1v) is 7.19. The zero-order chi connectivity index (χ0) is 12.8. The van der Waals surface area contributed by atoms with Crippen molar-refractivity contribution in [1.82, 2.24) is 4.98 Å². The lowest BCUT2D eigenvalue weighted by Gasteiger charge is -2.06. The number of anilines is 1. The highest BCUT2D eigenvalue weighted by Crippen LogP contribution is 2.26. The maximum atomic E-state index is 5.61. The van der Waals surface area contributed by atoms with Crippen molar-refractivity contribution >= 4 is 28.2 Å². The standard InChI is InChI=1S/C12H14N2O2S2/c1-15-9-2-4-10(5-3-9)16-6-7-17-11-8-14-12(13)18-11/h2-5,8H,6-7H2,1H3,(H2,13,14). The lowest BCUT2D eigenvalue weighted by molar-refractivity contribution is 0.342. The van der Waals surface area contributed by atoms with Gasteiger partial charge in [-0.1, -0.05) is 11.3 Å². The predicted molar refractivity (Wildman–Crippen MR) is 75.7 cm³/mol. The monoisotopic (exact) mass is 282 g/mol. The average molecular weight is 282 g/mol. The molecule has 1 aromatic heterocycles. The Morgan fingerprint density at radius 2 is 2.00 bits per heavy atom. The van der Waals surface area contributed by atoms with Crippen LogP contribution in [-0.4, -0.2) is 24.5 Å². The molecule has 6 heteroatoms. The van der Waals surface area contributed by atoms with Gasteiger partial charge >= 0.3 is 0 Å². The molecule has 0 fully saturated rings. The molecule has 0 atom stereocenters. The van der Waals surface area contributed by atoms with E-state index in [9.17, 15) is 0 Å². The summed E-state index contributed by atoms with van der Waals surface area (Å²) in [5, 5.41) is 0.605. The molecule has 0 saturated heterocycles. The number of nitrogen functional groups attached to an aromatic ring is 1. The molecular formula is C12H14N2O2S2. The van der Waals surface area contributed by atoms with E-state index in [2.05, 4.69) is 4.98 Å². The van der Waals surface area contributed by atoms with Crippen LogP contribution in [0.4, 0.5) is 5.13 Å². The van der Waals surface area contributed by atoms with E-state index in [1.165, 1.54) is 11.3 Å². The van der Waals surface area contributed by atoms with E-state index >= 15 is 0 Å². The van der Waals surface area contributed by atoms with Crippen molar-refractivity contribution in [1.29, 1.82) is 0 Å². The van der Waals surface area contributed by atoms with Crippen molar-refractivity contribution < 1.29 is 9.47 Å². The van der Waals surface area contributed by atoms with Crippen LogP contribution >= 0.6 is 23.1 Å². The number of methoxy groups -OCH3 is 1. The van der Waals surface area contributed by atoms with E-state index < -0.39 is 0 Å². The number of nitrogens with zero attached hydrogens (tertiary/aromatic N) is 1. The van der Waals surface area contributed by atoms with Crippen LogP contribution in [0.1, 0.15) is 0 Å². The van der Waals surface area contributed by atoms with Crippen molar-refractivity contribution in [2.24, 2.45) is 0 Å². The molecule has 0 radical (unpaired) electrons. The van der Waals surface area contributed by atoms with Gasteiger partial charge in [-0.25, -0.2) is 4.98 Å². The minimum absolute atomic E-state index is 0.605. The average Bonchev–Trinajstić information content (AvgIpc) is 2.81. The van der Waals surface area contributed by atoms with Gasteiger partial charge in [0.25, 0.3) is 0 Å². The zero-order valence-electron chi connectivity index (χ0n) is 9.96. The highest BCUT2D eigenvalue weighted by molar-refractivity contribution is 8.01. The lowest BCUT2D eigenvalue weighted by atomic mass is 10.3. The molecule has 2 aromatic rings. The highest BCUT2D eigenvalue weighted by atomic mass is 32.2. The van der Waals surface area contributed by atoms with Gasteiger partial charge in [-0.05, 0) is 24.3 Å². The van der Waals surface area contributed by atoms with E-state index in [1.54, 1.807) is 25.1 Å². The third-order valence-electron chi connectivity index (χ3n) is 2.16. The maximum Gasteiger partial charge on any atom is 0.181 e. The Hall–Kier alpha value is -1.40.